The predicted molar refractivity (Wildman–Crippen MR) is 120 cm³/mol. The molecule has 4 rings (SSSR count). The highest BCUT2D eigenvalue weighted by Gasteiger charge is 2.25. The van der Waals surface area contributed by atoms with Crippen LogP contribution in [0.4, 0.5) is 5.69 Å². The first-order valence-electron chi connectivity index (χ1n) is 10.3. The molecule has 1 aliphatic heterocycles. The van der Waals surface area contributed by atoms with E-state index in [1.165, 1.54) is 4.90 Å². The summed E-state index contributed by atoms with van der Waals surface area (Å²) < 4.78 is 7.61. The molecule has 30 heavy (non-hydrogen) atoms. The Morgan fingerprint density at radius 1 is 1.13 bits per heavy atom. The van der Waals surface area contributed by atoms with Gasteiger partial charge < -0.3 is 15.0 Å². The van der Waals surface area contributed by atoms with E-state index in [-0.39, 0.29) is 18.9 Å². The molecule has 1 N–H and O–H groups in total. The molecule has 5 nitrogen and oxygen atoms in total. The van der Waals surface area contributed by atoms with Crippen molar-refractivity contribution in [2.24, 2.45) is 0 Å². The van der Waals surface area contributed by atoms with Gasteiger partial charge in [0.25, 0.3) is 0 Å². The third-order valence-corrected chi connectivity index (χ3v) is 6.13. The van der Waals surface area contributed by atoms with Crippen LogP contribution in [0.25, 0.3) is 10.8 Å². The van der Waals surface area contributed by atoms with Gasteiger partial charge in [-0.15, -0.1) is 11.8 Å². The lowest BCUT2D eigenvalue weighted by Crippen LogP contribution is -2.45. The number of thioether (sulfide) groups is 1. The van der Waals surface area contributed by atoms with Gasteiger partial charge in [-0.2, -0.15) is 0 Å². The Balaban J connectivity index is 1.48. The average molecular weight is 420 g/mol. The minimum atomic E-state index is -0.972. The highest BCUT2D eigenvalue weighted by molar-refractivity contribution is 7.99. The molecule has 0 aliphatic carbocycles. The monoisotopic (exact) mass is 419 g/mol. The summed E-state index contributed by atoms with van der Waals surface area (Å²) in [6.45, 7) is -0.183. The number of carbonyl (C=O) groups excluding carboxylic acids is 3. The van der Waals surface area contributed by atoms with Crippen LogP contribution in [-0.2, 0) is 20.8 Å². The number of benzene rings is 3. The van der Waals surface area contributed by atoms with Gasteiger partial charge in [-0.1, -0.05) is 54.6 Å². The van der Waals surface area contributed by atoms with Gasteiger partial charge in [0.1, 0.15) is 14.2 Å². The molecule has 0 aromatic heterocycles. The lowest BCUT2D eigenvalue weighted by atomic mass is 10.0. The minimum absolute atomic E-state index is 0.129. The summed E-state index contributed by atoms with van der Waals surface area (Å²) in [7, 11) is 0. The smallest absolute Gasteiger partial charge is 0.240 e. The summed E-state index contributed by atoms with van der Waals surface area (Å²) in [5, 5.41) is 4.77. The van der Waals surface area contributed by atoms with E-state index in [0.717, 1.165) is 21.2 Å². The van der Waals surface area contributed by atoms with Crippen molar-refractivity contribution >= 4 is 46.3 Å². The van der Waals surface area contributed by atoms with E-state index in [0.29, 0.717) is 17.9 Å². The molecule has 6 heteroatoms. The fraction of sp³-hybridized carbons (Fsp3) is 0.208. The summed E-state index contributed by atoms with van der Waals surface area (Å²) in [4.78, 5) is 39.7. The van der Waals surface area contributed by atoms with E-state index in [1.807, 2.05) is 66.7 Å². The van der Waals surface area contributed by atoms with E-state index in [1.54, 1.807) is 11.8 Å². The standard InChI is InChI=1S/C24H22N2O3S/c27-16-20(14-17-9-10-18-5-1-2-6-19(18)13-17)25-23(28)15-26-21-7-3-4-8-22(21)30-12-11-24(26)29/h1-10,13,16,20H,11-12,14-15H2,(H,25,28)/t20-/m1/s1/i16D. The first kappa shape index (κ1) is 18.9. The van der Waals surface area contributed by atoms with Gasteiger partial charge in [0, 0.05) is 17.1 Å². The molecule has 0 saturated carbocycles. The molecule has 152 valence electrons. The van der Waals surface area contributed by atoms with Gasteiger partial charge >= 0.3 is 0 Å². The van der Waals surface area contributed by atoms with Crippen molar-refractivity contribution in [2.75, 3.05) is 17.2 Å². The van der Waals surface area contributed by atoms with Crippen molar-refractivity contribution in [1.82, 2.24) is 5.32 Å². The summed E-state index contributed by atoms with van der Waals surface area (Å²) in [5.74, 6) is 0.0707. The van der Waals surface area contributed by atoms with Gasteiger partial charge in [-0.25, -0.2) is 0 Å². The Hall–Kier alpha value is -3.12. The number of hydrogen-bond acceptors (Lipinski definition) is 4. The molecule has 3 aromatic rings. The van der Waals surface area contributed by atoms with Gasteiger partial charge in [0.05, 0.1) is 11.7 Å². The number of para-hydroxylation sites is 1. The molecule has 0 bridgehead atoms. The number of rotatable bonds is 6. The Morgan fingerprint density at radius 3 is 2.73 bits per heavy atom. The van der Waals surface area contributed by atoms with Crippen LogP contribution < -0.4 is 10.2 Å². The number of amides is 2. The number of fused-ring (bicyclic) bond motifs is 2. The first-order chi connectivity index (χ1) is 15.0. The number of aldehydes is 1. The number of anilines is 1. The van der Waals surface area contributed by atoms with Crippen LogP contribution in [0, 0.1) is 0 Å². The number of hydrogen-bond donors (Lipinski definition) is 1. The molecule has 0 radical (unpaired) electrons. The van der Waals surface area contributed by atoms with Crippen LogP contribution in [0.5, 0.6) is 0 Å². The molecule has 0 fully saturated rings. The lowest BCUT2D eigenvalue weighted by molar-refractivity contribution is -0.125. The normalized spacial score (nSPS) is 15.1. The fourth-order valence-corrected chi connectivity index (χ4v) is 4.60. The lowest BCUT2D eigenvalue weighted by Gasteiger charge is -2.23. The van der Waals surface area contributed by atoms with Crippen molar-refractivity contribution in [1.29, 1.82) is 0 Å². The van der Waals surface area contributed by atoms with Crippen LogP contribution in [0.3, 0.4) is 0 Å². The van der Waals surface area contributed by atoms with E-state index < -0.39 is 18.2 Å². The van der Waals surface area contributed by atoms with Crippen LogP contribution in [0.15, 0.2) is 71.6 Å². The van der Waals surface area contributed by atoms with E-state index in [4.69, 9.17) is 1.37 Å². The highest BCUT2D eigenvalue weighted by atomic mass is 32.2. The van der Waals surface area contributed by atoms with E-state index >= 15 is 0 Å². The Bertz CT molecular complexity index is 1150. The Kier molecular flexibility index (Phi) is 5.75. The number of nitrogens with zero attached hydrogens (tertiary/aromatic N) is 1. The molecule has 1 atom stereocenters. The maximum atomic E-state index is 12.7. The van der Waals surface area contributed by atoms with Gasteiger partial charge in [-0.05, 0) is 34.9 Å². The van der Waals surface area contributed by atoms with Gasteiger partial charge in [0.15, 0.2) is 0 Å². The predicted octanol–water partition coefficient (Wildman–Crippen LogP) is 3.60. The maximum Gasteiger partial charge on any atom is 0.240 e. The second-order valence-electron chi connectivity index (χ2n) is 7.17. The van der Waals surface area contributed by atoms with Crippen molar-refractivity contribution in [3.8, 4) is 0 Å². The van der Waals surface area contributed by atoms with E-state index in [2.05, 4.69) is 5.32 Å². The molecule has 3 aromatic carbocycles. The third kappa shape index (κ3) is 4.54. The van der Waals surface area contributed by atoms with Crippen LogP contribution in [-0.4, -0.2) is 36.4 Å². The highest BCUT2D eigenvalue weighted by Crippen LogP contribution is 2.33. The minimum Gasteiger partial charge on any atom is -0.345 e. The molecule has 0 unspecified atom stereocenters. The first-order valence-corrected chi connectivity index (χ1v) is 10.8. The molecule has 0 spiro atoms. The summed E-state index contributed by atoms with van der Waals surface area (Å²) in [6.07, 6.45) is -0.302. The van der Waals surface area contributed by atoms with Gasteiger partial charge in [0.2, 0.25) is 11.8 Å². The maximum absolute atomic E-state index is 12.7. The van der Waals surface area contributed by atoms with Crippen molar-refractivity contribution < 1.29 is 15.8 Å². The van der Waals surface area contributed by atoms with Crippen molar-refractivity contribution in [2.45, 2.75) is 23.8 Å². The molecule has 0 saturated heterocycles. The summed E-state index contributed by atoms with van der Waals surface area (Å²) in [5.41, 5.74) is 1.56. The molecular weight excluding hydrogens is 396 g/mol. The molecule has 1 heterocycles. The Labute approximate surface area is 180 Å². The zero-order valence-electron chi connectivity index (χ0n) is 17.3. The molecular formula is C24H22N2O3S. The van der Waals surface area contributed by atoms with Gasteiger partial charge in [-0.3, -0.25) is 9.59 Å². The zero-order chi connectivity index (χ0) is 21.8. The second-order valence-corrected chi connectivity index (χ2v) is 8.31. The number of carbonyl (C=O) groups is 3. The second kappa shape index (κ2) is 9.13. The molecule has 2 amide bonds. The van der Waals surface area contributed by atoms with Crippen LogP contribution >= 0.6 is 11.8 Å². The number of nitrogens with one attached hydrogen (secondary N) is 1. The van der Waals surface area contributed by atoms with Crippen molar-refractivity contribution in [3.05, 3.63) is 72.3 Å². The summed E-state index contributed by atoms with van der Waals surface area (Å²) >= 11 is 1.59. The average Bonchev–Trinajstić information content (AvgIpc) is 2.92. The van der Waals surface area contributed by atoms with Crippen LogP contribution in [0.1, 0.15) is 13.4 Å². The van der Waals surface area contributed by atoms with Crippen LogP contribution in [0.2, 0.25) is 0 Å². The van der Waals surface area contributed by atoms with E-state index in [9.17, 15) is 14.4 Å². The summed E-state index contributed by atoms with van der Waals surface area (Å²) in [6, 6.07) is 20.2. The molecule has 1 aliphatic rings. The largest absolute Gasteiger partial charge is 0.345 e. The van der Waals surface area contributed by atoms with Crippen molar-refractivity contribution in [3.63, 3.8) is 0 Å². The fourth-order valence-electron chi connectivity index (χ4n) is 3.60. The third-order valence-electron chi connectivity index (χ3n) is 5.06. The quantitative estimate of drug-likeness (QED) is 0.620. The SMILES string of the molecule is [2H]C(=O)[C@@H](Cc1ccc2ccccc2c1)NC(=O)CN1C(=O)CCSc2ccccc21. The zero-order valence-corrected chi connectivity index (χ0v) is 17.2. The Morgan fingerprint density at radius 2 is 1.90 bits per heavy atom. The topological polar surface area (TPSA) is 66.5 Å².